The summed E-state index contributed by atoms with van der Waals surface area (Å²) in [5.41, 5.74) is -3.24. The number of alkyl halides is 6. The van der Waals surface area contributed by atoms with Crippen LogP contribution < -0.4 is 15.0 Å². The largest absolute Gasteiger partial charge is 0.573 e. The lowest BCUT2D eigenvalue weighted by Gasteiger charge is -2.17. The zero-order valence-electron chi connectivity index (χ0n) is 8.57. The van der Waals surface area contributed by atoms with Gasteiger partial charge in [-0.25, -0.2) is 0 Å². The van der Waals surface area contributed by atoms with Crippen molar-refractivity contribution in [1.82, 2.24) is 4.98 Å². The Morgan fingerprint density at radius 2 is 1.72 bits per heavy atom. The van der Waals surface area contributed by atoms with E-state index < -0.39 is 35.3 Å². The average molecular weight is 277 g/mol. The zero-order chi connectivity index (χ0) is 14.1. The topological polar surface area (TPSA) is 51.3 Å². The van der Waals surface area contributed by atoms with Crippen LogP contribution in [0.3, 0.4) is 0 Å². The van der Waals surface area contributed by atoms with Gasteiger partial charge in [-0.3, -0.25) is 4.79 Å². The van der Waals surface area contributed by atoms with E-state index in [-0.39, 0.29) is 0 Å². The Morgan fingerprint density at radius 3 is 2.11 bits per heavy atom. The lowest BCUT2D eigenvalue weighted by Crippen LogP contribution is -2.24. The summed E-state index contributed by atoms with van der Waals surface area (Å²) < 4.78 is 80.8. The minimum absolute atomic E-state index is 0.413. The summed E-state index contributed by atoms with van der Waals surface area (Å²) in [6.45, 7) is 0. The van der Waals surface area contributed by atoms with E-state index in [0.717, 1.165) is 7.11 Å². The molecule has 0 spiro atoms. The van der Waals surface area contributed by atoms with Crippen molar-refractivity contribution in [2.75, 3.05) is 7.11 Å². The molecule has 0 aromatic carbocycles. The number of H-pyrrole nitrogens is 1. The lowest BCUT2D eigenvalue weighted by molar-refractivity contribution is -0.277. The Bertz CT molecular complexity index is 489. The number of rotatable bonds is 2. The lowest BCUT2D eigenvalue weighted by atomic mass is 10.3. The third-order valence-electron chi connectivity index (χ3n) is 1.68. The number of pyridine rings is 1. The van der Waals surface area contributed by atoms with Gasteiger partial charge in [0, 0.05) is 6.07 Å². The third kappa shape index (κ3) is 3.31. The Morgan fingerprint density at radius 1 is 1.17 bits per heavy atom. The maximum absolute atomic E-state index is 12.4. The van der Waals surface area contributed by atoms with Crippen LogP contribution in [-0.4, -0.2) is 18.5 Å². The van der Waals surface area contributed by atoms with Crippen LogP contribution in [0.25, 0.3) is 0 Å². The zero-order valence-corrected chi connectivity index (χ0v) is 8.57. The first-order valence-corrected chi connectivity index (χ1v) is 4.19. The number of nitrogens with one attached hydrogen (secondary N) is 1. The smallest absolute Gasteiger partial charge is 0.493 e. The molecule has 1 rings (SSSR count). The van der Waals surface area contributed by atoms with Crippen molar-refractivity contribution < 1.29 is 35.8 Å². The number of methoxy groups -OCH3 is 1. The second-order valence-corrected chi connectivity index (χ2v) is 2.95. The summed E-state index contributed by atoms with van der Waals surface area (Å²) in [5.74, 6) is -2.61. The van der Waals surface area contributed by atoms with Crippen molar-refractivity contribution in [3.05, 3.63) is 22.1 Å². The third-order valence-corrected chi connectivity index (χ3v) is 1.68. The predicted octanol–water partition coefficient (Wildman–Crippen LogP) is 2.30. The Balaban J connectivity index is 3.48. The monoisotopic (exact) mass is 277 g/mol. The Labute approximate surface area is 95.1 Å². The molecule has 0 fully saturated rings. The fourth-order valence-corrected chi connectivity index (χ4v) is 1.09. The van der Waals surface area contributed by atoms with Crippen molar-refractivity contribution in [3.8, 4) is 11.5 Å². The van der Waals surface area contributed by atoms with Crippen molar-refractivity contribution in [1.29, 1.82) is 0 Å². The molecule has 102 valence electrons. The van der Waals surface area contributed by atoms with Gasteiger partial charge in [0.25, 0.3) is 5.56 Å². The number of aromatic nitrogens is 1. The second-order valence-electron chi connectivity index (χ2n) is 2.95. The number of hydrogen-bond acceptors (Lipinski definition) is 3. The molecule has 0 atom stereocenters. The van der Waals surface area contributed by atoms with E-state index in [2.05, 4.69) is 9.47 Å². The molecule has 0 bridgehead atoms. The van der Waals surface area contributed by atoms with Crippen LogP contribution in [-0.2, 0) is 6.18 Å². The summed E-state index contributed by atoms with van der Waals surface area (Å²) in [6, 6.07) is 0.413. The molecule has 10 heteroatoms. The summed E-state index contributed by atoms with van der Waals surface area (Å²) in [5, 5.41) is 0. The molecule has 0 aliphatic heterocycles. The maximum Gasteiger partial charge on any atom is 0.573 e. The molecule has 0 saturated carbocycles. The van der Waals surface area contributed by atoms with Crippen LogP contribution in [0.1, 0.15) is 5.69 Å². The van der Waals surface area contributed by atoms with E-state index in [1.165, 1.54) is 4.98 Å². The van der Waals surface area contributed by atoms with Gasteiger partial charge in [-0.1, -0.05) is 0 Å². The van der Waals surface area contributed by atoms with E-state index >= 15 is 0 Å². The minimum Gasteiger partial charge on any atom is -0.493 e. The summed E-state index contributed by atoms with van der Waals surface area (Å²) >= 11 is 0. The standard InChI is InChI=1S/C8H5F6NO3/c1-17-3-2-4(16)15-6(7(9,10)11)5(3)18-8(12,13)14/h2H,1H3,(H,15,16). The minimum atomic E-state index is -5.36. The Hall–Kier alpha value is -1.87. The first kappa shape index (κ1) is 14.2. The molecule has 0 unspecified atom stereocenters. The van der Waals surface area contributed by atoms with E-state index in [1.807, 2.05) is 0 Å². The summed E-state index contributed by atoms with van der Waals surface area (Å²) in [6.07, 6.45) is -10.6. The van der Waals surface area contributed by atoms with Gasteiger partial charge in [-0.15, -0.1) is 13.2 Å². The highest BCUT2D eigenvalue weighted by Crippen LogP contribution is 2.41. The van der Waals surface area contributed by atoms with Gasteiger partial charge in [-0.05, 0) is 0 Å². The number of hydrogen-bond donors (Lipinski definition) is 1. The molecular weight excluding hydrogens is 272 g/mol. The molecule has 1 aromatic rings. The van der Waals surface area contributed by atoms with Gasteiger partial charge in [0.2, 0.25) is 0 Å². The van der Waals surface area contributed by atoms with Crippen LogP contribution in [0, 0.1) is 0 Å². The molecule has 1 N–H and O–H groups in total. The molecular formula is C8H5F6NO3. The molecule has 0 aliphatic carbocycles. The van der Waals surface area contributed by atoms with Gasteiger partial charge in [0.1, 0.15) is 0 Å². The van der Waals surface area contributed by atoms with E-state index in [0.29, 0.717) is 6.07 Å². The first-order chi connectivity index (χ1) is 8.04. The molecule has 0 amide bonds. The van der Waals surface area contributed by atoms with Crippen LogP contribution in [0.5, 0.6) is 11.5 Å². The first-order valence-electron chi connectivity index (χ1n) is 4.19. The summed E-state index contributed by atoms with van der Waals surface area (Å²) in [4.78, 5) is 12.1. The van der Waals surface area contributed by atoms with Gasteiger partial charge in [0.05, 0.1) is 7.11 Å². The number of halogens is 6. The van der Waals surface area contributed by atoms with E-state index in [1.54, 1.807) is 0 Å². The van der Waals surface area contributed by atoms with Crippen LogP contribution in [0.2, 0.25) is 0 Å². The van der Waals surface area contributed by atoms with Crippen LogP contribution in [0.4, 0.5) is 26.3 Å². The quantitative estimate of drug-likeness (QED) is 0.844. The molecule has 0 aliphatic rings. The van der Waals surface area contributed by atoms with Gasteiger partial charge in [0.15, 0.2) is 17.2 Å². The van der Waals surface area contributed by atoms with Gasteiger partial charge in [-0.2, -0.15) is 13.2 Å². The fraction of sp³-hybridized carbons (Fsp3) is 0.375. The highest BCUT2D eigenvalue weighted by molar-refractivity contribution is 5.44. The SMILES string of the molecule is COc1cc(=O)[nH]c(C(F)(F)F)c1OC(F)(F)F. The fourth-order valence-electron chi connectivity index (χ4n) is 1.09. The summed E-state index contributed by atoms with van der Waals surface area (Å²) in [7, 11) is 0.804. The molecule has 0 saturated heterocycles. The van der Waals surface area contributed by atoms with E-state index in [4.69, 9.17) is 0 Å². The molecule has 4 nitrogen and oxygen atoms in total. The highest BCUT2D eigenvalue weighted by Gasteiger charge is 2.42. The molecule has 18 heavy (non-hydrogen) atoms. The molecule has 1 heterocycles. The molecule has 1 aromatic heterocycles. The second kappa shape index (κ2) is 4.42. The van der Waals surface area contributed by atoms with Gasteiger partial charge >= 0.3 is 12.5 Å². The Kier molecular flexibility index (Phi) is 3.49. The van der Waals surface area contributed by atoms with Crippen LogP contribution in [0.15, 0.2) is 10.9 Å². The average Bonchev–Trinajstić information content (AvgIpc) is 2.16. The van der Waals surface area contributed by atoms with Gasteiger partial charge < -0.3 is 14.5 Å². The van der Waals surface area contributed by atoms with E-state index in [9.17, 15) is 31.1 Å². The predicted molar refractivity (Wildman–Crippen MR) is 45.3 cm³/mol. The normalized spacial score (nSPS) is 12.4. The number of ether oxygens (including phenoxy) is 2. The van der Waals surface area contributed by atoms with Crippen molar-refractivity contribution in [2.45, 2.75) is 12.5 Å². The van der Waals surface area contributed by atoms with Crippen molar-refractivity contribution >= 4 is 0 Å². The molecule has 0 radical (unpaired) electrons. The van der Waals surface area contributed by atoms with Crippen LogP contribution >= 0.6 is 0 Å². The van der Waals surface area contributed by atoms with Crippen molar-refractivity contribution in [2.24, 2.45) is 0 Å². The highest BCUT2D eigenvalue weighted by atomic mass is 19.4. The van der Waals surface area contributed by atoms with Crippen molar-refractivity contribution in [3.63, 3.8) is 0 Å². The number of aromatic amines is 1. The maximum atomic E-state index is 12.4.